The summed E-state index contributed by atoms with van der Waals surface area (Å²) in [6, 6.07) is 10.6. The summed E-state index contributed by atoms with van der Waals surface area (Å²) in [5.74, 6) is -0.564. The first-order chi connectivity index (χ1) is 14.0. The number of hydrogen-bond acceptors (Lipinski definition) is 4. The molecular weight excluding hydrogens is 369 g/mol. The number of methoxy groups -OCH3 is 1. The molecule has 1 aliphatic rings. The smallest absolute Gasteiger partial charge is 0.230 e. The standard InChI is InChI=1S/C23H30FN3O2/c1-17-15-26(16-18(2)27(17)11-12-29-3)23(28)22(13-19-5-4-10-25-14-19)20-6-8-21(24)9-7-20/h4-10,14,17-18,22H,11-13,15-16H2,1-3H3. The molecule has 3 rings (SSSR count). The van der Waals surface area contributed by atoms with E-state index in [0.717, 1.165) is 17.7 Å². The van der Waals surface area contributed by atoms with Crippen molar-refractivity contribution in [1.82, 2.24) is 14.8 Å². The number of piperazine rings is 1. The molecule has 1 aliphatic heterocycles. The van der Waals surface area contributed by atoms with Gasteiger partial charge in [0, 0.05) is 51.2 Å². The normalized spacial score (nSPS) is 21.2. The van der Waals surface area contributed by atoms with E-state index in [-0.39, 0.29) is 29.7 Å². The van der Waals surface area contributed by atoms with Crippen molar-refractivity contribution in [2.75, 3.05) is 33.4 Å². The molecule has 1 aromatic heterocycles. The number of aromatic nitrogens is 1. The van der Waals surface area contributed by atoms with Crippen LogP contribution in [0.15, 0.2) is 48.8 Å². The van der Waals surface area contributed by atoms with Gasteiger partial charge in [-0.1, -0.05) is 18.2 Å². The largest absolute Gasteiger partial charge is 0.383 e. The Bertz CT molecular complexity index is 772. The Labute approximate surface area is 172 Å². The molecule has 1 fully saturated rings. The van der Waals surface area contributed by atoms with E-state index >= 15 is 0 Å². The molecule has 2 aromatic rings. The van der Waals surface area contributed by atoms with E-state index in [0.29, 0.717) is 26.1 Å². The van der Waals surface area contributed by atoms with Crippen LogP contribution >= 0.6 is 0 Å². The zero-order chi connectivity index (χ0) is 20.8. The van der Waals surface area contributed by atoms with Gasteiger partial charge in [0.2, 0.25) is 5.91 Å². The van der Waals surface area contributed by atoms with Crippen LogP contribution in [-0.4, -0.2) is 66.1 Å². The predicted octanol–water partition coefficient (Wildman–Crippen LogP) is 3.11. The van der Waals surface area contributed by atoms with Crippen LogP contribution in [0.2, 0.25) is 0 Å². The van der Waals surface area contributed by atoms with Crippen molar-refractivity contribution in [3.05, 3.63) is 65.7 Å². The molecule has 1 aromatic carbocycles. The average Bonchev–Trinajstić information content (AvgIpc) is 2.72. The summed E-state index contributed by atoms with van der Waals surface area (Å²) < 4.78 is 18.7. The number of ether oxygens (including phenoxy) is 1. The Kier molecular flexibility index (Phi) is 7.34. The van der Waals surface area contributed by atoms with Gasteiger partial charge in [0.25, 0.3) is 0 Å². The van der Waals surface area contributed by atoms with Gasteiger partial charge < -0.3 is 9.64 Å². The maximum Gasteiger partial charge on any atom is 0.230 e. The second-order valence-corrected chi connectivity index (χ2v) is 7.84. The average molecular weight is 400 g/mol. The van der Waals surface area contributed by atoms with Gasteiger partial charge in [-0.2, -0.15) is 0 Å². The zero-order valence-electron chi connectivity index (χ0n) is 17.4. The maximum absolute atomic E-state index is 13.6. The summed E-state index contributed by atoms with van der Waals surface area (Å²) in [6.45, 7) is 7.20. The molecule has 0 bridgehead atoms. The molecule has 3 atom stereocenters. The second-order valence-electron chi connectivity index (χ2n) is 7.84. The highest BCUT2D eigenvalue weighted by molar-refractivity contribution is 5.84. The fourth-order valence-corrected chi connectivity index (χ4v) is 4.19. The number of benzene rings is 1. The summed E-state index contributed by atoms with van der Waals surface area (Å²) in [7, 11) is 1.71. The number of rotatable bonds is 7. The summed E-state index contributed by atoms with van der Waals surface area (Å²) in [4.78, 5) is 22.1. The third-order valence-electron chi connectivity index (χ3n) is 5.70. The highest BCUT2D eigenvalue weighted by Crippen LogP contribution is 2.26. The van der Waals surface area contributed by atoms with Crippen molar-refractivity contribution in [2.24, 2.45) is 0 Å². The zero-order valence-corrected chi connectivity index (χ0v) is 17.4. The summed E-state index contributed by atoms with van der Waals surface area (Å²) in [5, 5.41) is 0. The second kappa shape index (κ2) is 9.94. The molecule has 156 valence electrons. The van der Waals surface area contributed by atoms with Crippen molar-refractivity contribution < 1.29 is 13.9 Å². The molecule has 3 unspecified atom stereocenters. The number of pyridine rings is 1. The maximum atomic E-state index is 13.6. The van der Waals surface area contributed by atoms with Crippen LogP contribution < -0.4 is 0 Å². The molecule has 6 heteroatoms. The van der Waals surface area contributed by atoms with E-state index in [1.54, 1.807) is 31.6 Å². The molecular formula is C23H30FN3O2. The summed E-state index contributed by atoms with van der Waals surface area (Å²) >= 11 is 0. The first-order valence-corrected chi connectivity index (χ1v) is 10.2. The first kappa shape index (κ1) is 21.4. The van der Waals surface area contributed by atoms with Gasteiger partial charge in [-0.3, -0.25) is 14.7 Å². The number of carbonyl (C=O) groups is 1. The Morgan fingerprint density at radius 2 is 1.90 bits per heavy atom. The van der Waals surface area contributed by atoms with E-state index in [1.807, 2.05) is 17.0 Å². The fraction of sp³-hybridized carbons (Fsp3) is 0.478. The SMILES string of the molecule is COCCN1C(C)CN(C(=O)C(Cc2cccnc2)c2ccc(F)cc2)CC1C. The summed E-state index contributed by atoms with van der Waals surface area (Å²) in [5.41, 5.74) is 1.83. The van der Waals surface area contributed by atoms with E-state index < -0.39 is 0 Å². The van der Waals surface area contributed by atoms with Gasteiger partial charge in [0.1, 0.15) is 5.82 Å². The monoisotopic (exact) mass is 399 g/mol. The van der Waals surface area contributed by atoms with Gasteiger partial charge in [-0.15, -0.1) is 0 Å². The van der Waals surface area contributed by atoms with Crippen molar-refractivity contribution in [3.8, 4) is 0 Å². The van der Waals surface area contributed by atoms with Crippen LogP contribution in [0.3, 0.4) is 0 Å². The number of carbonyl (C=O) groups excluding carboxylic acids is 1. The Morgan fingerprint density at radius 1 is 1.21 bits per heavy atom. The van der Waals surface area contributed by atoms with Crippen molar-refractivity contribution >= 4 is 5.91 Å². The van der Waals surface area contributed by atoms with Crippen molar-refractivity contribution in [3.63, 3.8) is 0 Å². The third kappa shape index (κ3) is 5.40. The molecule has 0 radical (unpaired) electrons. The minimum atomic E-state index is -0.357. The number of amides is 1. The first-order valence-electron chi connectivity index (χ1n) is 10.2. The molecule has 0 spiro atoms. The van der Waals surface area contributed by atoms with Crippen molar-refractivity contribution in [1.29, 1.82) is 0 Å². The lowest BCUT2D eigenvalue weighted by Crippen LogP contribution is -2.59. The summed E-state index contributed by atoms with van der Waals surface area (Å²) in [6.07, 6.45) is 4.06. The van der Waals surface area contributed by atoms with Gasteiger partial charge in [0.05, 0.1) is 12.5 Å². The van der Waals surface area contributed by atoms with Crippen LogP contribution in [0.5, 0.6) is 0 Å². The molecule has 0 aliphatic carbocycles. The topological polar surface area (TPSA) is 45.7 Å². The molecule has 5 nitrogen and oxygen atoms in total. The van der Waals surface area contributed by atoms with Crippen LogP contribution in [0.25, 0.3) is 0 Å². The fourth-order valence-electron chi connectivity index (χ4n) is 4.19. The highest BCUT2D eigenvalue weighted by Gasteiger charge is 2.34. The van der Waals surface area contributed by atoms with Crippen molar-refractivity contribution in [2.45, 2.75) is 38.3 Å². The third-order valence-corrected chi connectivity index (χ3v) is 5.70. The van der Waals surface area contributed by atoms with E-state index in [2.05, 4.69) is 23.7 Å². The van der Waals surface area contributed by atoms with Crippen LogP contribution in [0.4, 0.5) is 4.39 Å². The Balaban J connectivity index is 1.80. The van der Waals surface area contributed by atoms with Crippen LogP contribution in [0, 0.1) is 5.82 Å². The Hall–Kier alpha value is -2.31. The minimum absolute atomic E-state index is 0.0885. The molecule has 29 heavy (non-hydrogen) atoms. The van der Waals surface area contributed by atoms with Crippen LogP contribution in [0.1, 0.15) is 30.9 Å². The molecule has 1 saturated heterocycles. The van der Waals surface area contributed by atoms with Gasteiger partial charge in [-0.25, -0.2) is 4.39 Å². The Morgan fingerprint density at radius 3 is 2.48 bits per heavy atom. The van der Waals surface area contributed by atoms with Gasteiger partial charge >= 0.3 is 0 Å². The van der Waals surface area contributed by atoms with Gasteiger partial charge in [-0.05, 0) is 49.6 Å². The predicted molar refractivity (Wildman–Crippen MR) is 111 cm³/mol. The molecule has 0 saturated carbocycles. The van der Waals surface area contributed by atoms with Crippen LogP contribution in [-0.2, 0) is 16.0 Å². The lowest BCUT2D eigenvalue weighted by molar-refractivity contribution is -0.137. The molecule has 1 amide bonds. The van der Waals surface area contributed by atoms with E-state index in [9.17, 15) is 9.18 Å². The van der Waals surface area contributed by atoms with Gasteiger partial charge in [0.15, 0.2) is 0 Å². The minimum Gasteiger partial charge on any atom is -0.383 e. The number of halogens is 1. The lowest BCUT2D eigenvalue weighted by atomic mass is 9.90. The quantitative estimate of drug-likeness (QED) is 0.718. The van der Waals surface area contributed by atoms with E-state index in [4.69, 9.17) is 4.74 Å². The highest BCUT2D eigenvalue weighted by atomic mass is 19.1. The lowest BCUT2D eigenvalue weighted by Gasteiger charge is -2.45. The number of nitrogens with zero attached hydrogens (tertiary/aromatic N) is 3. The van der Waals surface area contributed by atoms with E-state index in [1.165, 1.54) is 12.1 Å². The molecule has 2 heterocycles. The molecule has 0 N–H and O–H groups in total. The number of hydrogen-bond donors (Lipinski definition) is 0.